The molecule has 1 N–H and O–H groups in total. The number of carbonyl (C=O) groups is 1. The van der Waals surface area contributed by atoms with Gasteiger partial charge in [-0.1, -0.05) is 44.7 Å². The van der Waals surface area contributed by atoms with Crippen LogP contribution in [-0.2, 0) is 4.79 Å². The lowest BCUT2D eigenvalue weighted by Crippen LogP contribution is -2.29. The Bertz CT molecular complexity index is 435. The molecule has 110 valence electrons. The van der Waals surface area contributed by atoms with Crippen molar-refractivity contribution in [1.29, 1.82) is 0 Å². The standard InChI is InChI=1S/C17H24ClNO/c1-3-13-4-6-14(7-5-13)12(2)17(20)19-16-10-8-15(18)9-11-16/h8-14H,3-7H2,1-2H3,(H,19,20). The first kappa shape index (κ1) is 15.4. The Balaban J connectivity index is 1.87. The maximum atomic E-state index is 12.3. The molecular weight excluding hydrogens is 270 g/mol. The van der Waals surface area contributed by atoms with Crippen molar-refractivity contribution >= 4 is 23.2 Å². The van der Waals surface area contributed by atoms with Gasteiger partial charge in [0.05, 0.1) is 0 Å². The van der Waals surface area contributed by atoms with Crippen LogP contribution in [0.1, 0.15) is 46.0 Å². The first-order valence-electron chi connectivity index (χ1n) is 7.66. The topological polar surface area (TPSA) is 29.1 Å². The van der Waals surface area contributed by atoms with E-state index in [1.165, 1.54) is 32.1 Å². The maximum Gasteiger partial charge on any atom is 0.227 e. The van der Waals surface area contributed by atoms with E-state index in [0.717, 1.165) is 11.6 Å². The van der Waals surface area contributed by atoms with Gasteiger partial charge in [0.1, 0.15) is 0 Å². The van der Waals surface area contributed by atoms with E-state index in [9.17, 15) is 4.79 Å². The lowest BCUT2D eigenvalue weighted by atomic mass is 9.75. The normalized spacial score (nSPS) is 24.1. The van der Waals surface area contributed by atoms with Gasteiger partial charge in [-0.25, -0.2) is 0 Å². The summed E-state index contributed by atoms with van der Waals surface area (Å²) in [6.45, 7) is 4.32. The van der Waals surface area contributed by atoms with Gasteiger partial charge in [0.25, 0.3) is 0 Å². The van der Waals surface area contributed by atoms with Gasteiger partial charge in [-0.05, 0) is 48.9 Å². The molecule has 1 unspecified atom stereocenters. The fourth-order valence-electron chi connectivity index (χ4n) is 3.10. The van der Waals surface area contributed by atoms with Crippen molar-refractivity contribution in [3.05, 3.63) is 29.3 Å². The predicted molar refractivity (Wildman–Crippen MR) is 85.0 cm³/mol. The van der Waals surface area contributed by atoms with Gasteiger partial charge in [-0.3, -0.25) is 4.79 Å². The average molecular weight is 294 g/mol. The maximum absolute atomic E-state index is 12.3. The van der Waals surface area contributed by atoms with Crippen molar-refractivity contribution < 1.29 is 4.79 Å². The molecule has 1 aliphatic rings. The van der Waals surface area contributed by atoms with Crippen LogP contribution in [0.4, 0.5) is 5.69 Å². The first-order valence-corrected chi connectivity index (χ1v) is 8.04. The molecule has 1 aromatic rings. The molecule has 20 heavy (non-hydrogen) atoms. The number of benzene rings is 1. The largest absolute Gasteiger partial charge is 0.326 e. The molecule has 2 nitrogen and oxygen atoms in total. The summed E-state index contributed by atoms with van der Waals surface area (Å²) < 4.78 is 0. The molecule has 0 radical (unpaired) electrons. The third-order valence-electron chi connectivity index (χ3n) is 4.70. The van der Waals surface area contributed by atoms with E-state index in [0.29, 0.717) is 10.9 Å². The molecule has 1 aromatic carbocycles. The van der Waals surface area contributed by atoms with Gasteiger partial charge >= 0.3 is 0 Å². The van der Waals surface area contributed by atoms with E-state index < -0.39 is 0 Å². The zero-order valence-corrected chi connectivity index (χ0v) is 13.1. The minimum Gasteiger partial charge on any atom is -0.326 e. The smallest absolute Gasteiger partial charge is 0.227 e. The second kappa shape index (κ2) is 7.12. The molecule has 1 amide bonds. The average Bonchev–Trinajstić information content (AvgIpc) is 2.49. The Kier molecular flexibility index (Phi) is 5.47. The van der Waals surface area contributed by atoms with Crippen LogP contribution in [-0.4, -0.2) is 5.91 Å². The zero-order chi connectivity index (χ0) is 14.5. The van der Waals surface area contributed by atoms with Crippen LogP contribution in [0.3, 0.4) is 0 Å². The number of amides is 1. The highest BCUT2D eigenvalue weighted by atomic mass is 35.5. The summed E-state index contributed by atoms with van der Waals surface area (Å²) in [5.74, 6) is 1.62. The lowest BCUT2D eigenvalue weighted by molar-refractivity contribution is -0.121. The molecule has 0 aliphatic heterocycles. The minimum atomic E-state index is 0.0866. The summed E-state index contributed by atoms with van der Waals surface area (Å²) in [5, 5.41) is 3.68. The van der Waals surface area contributed by atoms with Gasteiger partial charge in [-0.2, -0.15) is 0 Å². The monoisotopic (exact) mass is 293 g/mol. The highest BCUT2D eigenvalue weighted by Crippen LogP contribution is 2.35. The molecule has 3 heteroatoms. The molecule has 0 spiro atoms. The number of nitrogens with one attached hydrogen (secondary N) is 1. The minimum absolute atomic E-state index is 0.0866. The Morgan fingerprint density at radius 3 is 2.40 bits per heavy atom. The molecule has 2 rings (SSSR count). The highest BCUT2D eigenvalue weighted by molar-refractivity contribution is 6.30. The Hall–Kier alpha value is -1.02. The molecule has 1 aliphatic carbocycles. The summed E-state index contributed by atoms with van der Waals surface area (Å²) in [7, 11) is 0. The predicted octanol–water partition coefficient (Wildman–Crippen LogP) is 5.13. The van der Waals surface area contributed by atoms with Crippen molar-refractivity contribution in [3.63, 3.8) is 0 Å². The molecule has 0 aromatic heterocycles. The molecule has 1 atom stereocenters. The molecule has 0 saturated heterocycles. The summed E-state index contributed by atoms with van der Waals surface area (Å²) in [6.07, 6.45) is 6.21. The third-order valence-corrected chi connectivity index (χ3v) is 4.95. The van der Waals surface area contributed by atoms with Crippen LogP contribution in [0.5, 0.6) is 0 Å². The van der Waals surface area contributed by atoms with Gasteiger partial charge in [-0.15, -0.1) is 0 Å². The summed E-state index contributed by atoms with van der Waals surface area (Å²) in [6, 6.07) is 7.30. The van der Waals surface area contributed by atoms with Crippen molar-refractivity contribution in [2.75, 3.05) is 5.32 Å². The Morgan fingerprint density at radius 1 is 1.25 bits per heavy atom. The quantitative estimate of drug-likeness (QED) is 0.819. The Labute approximate surface area is 126 Å². The highest BCUT2D eigenvalue weighted by Gasteiger charge is 2.28. The number of halogens is 1. The van der Waals surface area contributed by atoms with Crippen LogP contribution < -0.4 is 5.32 Å². The van der Waals surface area contributed by atoms with Crippen molar-refractivity contribution in [2.45, 2.75) is 46.0 Å². The van der Waals surface area contributed by atoms with Gasteiger partial charge < -0.3 is 5.32 Å². The summed E-state index contributed by atoms with van der Waals surface area (Å²) in [5.41, 5.74) is 0.827. The van der Waals surface area contributed by atoms with Crippen molar-refractivity contribution in [3.8, 4) is 0 Å². The number of anilines is 1. The molecule has 1 fully saturated rings. The van der Waals surface area contributed by atoms with E-state index in [-0.39, 0.29) is 11.8 Å². The van der Waals surface area contributed by atoms with Gasteiger partial charge in [0, 0.05) is 16.6 Å². The fraction of sp³-hybridized carbons (Fsp3) is 0.588. The fourth-order valence-corrected chi connectivity index (χ4v) is 3.23. The number of hydrogen-bond donors (Lipinski definition) is 1. The first-order chi connectivity index (χ1) is 9.60. The van der Waals surface area contributed by atoms with E-state index in [2.05, 4.69) is 19.2 Å². The number of rotatable bonds is 4. The SMILES string of the molecule is CCC1CCC(C(C)C(=O)Nc2ccc(Cl)cc2)CC1. The Morgan fingerprint density at radius 2 is 1.85 bits per heavy atom. The molecule has 0 heterocycles. The summed E-state index contributed by atoms with van der Waals surface area (Å²) in [4.78, 5) is 12.3. The van der Waals surface area contributed by atoms with Gasteiger partial charge in [0.15, 0.2) is 0 Å². The second-order valence-corrected chi connectivity index (χ2v) is 6.41. The van der Waals surface area contributed by atoms with Gasteiger partial charge in [0.2, 0.25) is 5.91 Å². The van der Waals surface area contributed by atoms with E-state index >= 15 is 0 Å². The van der Waals surface area contributed by atoms with Crippen LogP contribution in [0.2, 0.25) is 5.02 Å². The van der Waals surface area contributed by atoms with Crippen molar-refractivity contribution in [2.24, 2.45) is 17.8 Å². The van der Waals surface area contributed by atoms with Crippen LogP contribution >= 0.6 is 11.6 Å². The second-order valence-electron chi connectivity index (χ2n) is 5.97. The number of hydrogen-bond acceptors (Lipinski definition) is 1. The molecule has 1 saturated carbocycles. The summed E-state index contributed by atoms with van der Waals surface area (Å²) >= 11 is 5.85. The van der Waals surface area contributed by atoms with E-state index in [1.807, 2.05) is 12.1 Å². The zero-order valence-electron chi connectivity index (χ0n) is 12.4. The van der Waals surface area contributed by atoms with E-state index in [4.69, 9.17) is 11.6 Å². The third kappa shape index (κ3) is 3.99. The number of carbonyl (C=O) groups excluding carboxylic acids is 1. The van der Waals surface area contributed by atoms with Crippen LogP contribution in [0.15, 0.2) is 24.3 Å². The molecule has 0 bridgehead atoms. The van der Waals surface area contributed by atoms with Crippen molar-refractivity contribution in [1.82, 2.24) is 0 Å². The lowest BCUT2D eigenvalue weighted by Gasteiger charge is -2.31. The molecular formula is C17H24ClNO. The van der Waals surface area contributed by atoms with Crippen LogP contribution in [0.25, 0.3) is 0 Å². The van der Waals surface area contributed by atoms with E-state index in [1.54, 1.807) is 12.1 Å². The van der Waals surface area contributed by atoms with Crippen LogP contribution in [0, 0.1) is 17.8 Å².